The van der Waals surface area contributed by atoms with E-state index in [1.165, 1.54) is 0 Å². The van der Waals surface area contributed by atoms with Crippen LogP contribution >= 0.6 is 0 Å². The van der Waals surface area contributed by atoms with E-state index >= 15 is 0 Å². The maximum atomic E-state index is 12.0. The molecule has 0 aliphatic carbocycles. The summed E-state index contributed by atoms with van der Waals surface area (Å²) in [7, 11) is 3.19. The first-order chi connectivity index (χ1) is 10.1. The summed E-state index contributed by atoms with van der Waals surface area (Å²) in [6.07, 6.45) is 3.52. The number of rotatable bonds is 6. The van der Waals surface area contributed by atoms with Gasteiger partial charge < -0.3 is 15.2 Å². The molecule has 1 heterocycles. The Morgan fingerprint density at radius 2 is 1.90 bits per heavy atom. The average Bonchev–Trinajstić information content (AvgIpc) is 2.86. The second-order valence-corrected chi connectivity index (χ2v) is 4.73. The molecule has 0 bridgehead atoms. The van der Waals surface area contributed by atoms with Crippen LogP contribution in [0, 0.1) is 0 Å². The number of hydrogen-bond acceptors (Lipinski definition) is 4. The first kappa shape index (κ1) is 15.2. The molecule has 0 fully saturated rings. The molecule has 114 valence electrons. The van der Waals surface area contributed by atoms with Crippen molar-refractivity contribution in [1.82, 2.24) is 9.13 Å². The smallest absolute Gasteiger partial charge is 0.328 e. The number of ether oxygens (including phenoxy) is 2. The lowest BCUT2D eigenvalue weighted by molar-refractivity contribution is 0.386. The predicted octanol–water partition coefficient (Wildman–Crippen LogP) is 1.39. The van der Waals surface area contributed by atoms with Crippen molar-refractivity contribution < 1.29 is 9.47 Å². The van der Waals surface area contributed by atoms with Crippen LogP contribution in [0.4, 0.5) is 0 Å². The van der Waals surface area contributed by atoms with E-state index in [-0.39, 0.29) is 11.7 Å². The molecule has 0 radical (unpaired) electrons. The van der Waals surface area contributed by atoms with Gasteiger partial charge in [0.1, 0.15) is 11.5 Å². The van der Waals surface area contributed by atoms with Crippen molar-refractivity contribution in [2.45, 2.75) is 26.1 Å². The predicted molar refractivity (Wildman–Crippen MR) is 80.8 cm³/mol. The molecule has 0 aliphatic rings. The van der Waals surface area contributed by atoms with E-state index in [1.807, 2.05) is 19.1 Å². The molecular formula is C15H21N3O3. The maximum absolute atomic E-state index is 12.0. The normalized spacial score (nSPS) is 12.2. The summed E-state index contributed by atoms with van der Waals surface area (Å²) in [5.74, 6) is 1.36. The molecule has 1 atom stereocenters. The van der Waals surface area contributed by atoms with Crippen molar-refractivity contribution in [3.8, 4) is 11.5 Å². The molecule has 0 spiro atoms. The lowest BCUT2D eigenvalue weighted by Crippen LogP contribution is -2.28. The van der Waals surface area contributed by atoms with E-state index in [1.54, 1.807) is 41.8 Å². The number of nitrogens with two attached hydrogens (primary N) is 1. The fourth-order valence-corrected chi connectivity index (χ4v) is 2.27. The van der Waals surface area contributed by atoms with Crippen LogP contribution in [-0.4, -0.2) is 23.4 Å². The Hall–Kier alpha value is -2.21. The molecule has 1 aromatic carbocycles. The van der Waals surface area contributed by atoms with E-state index in [4.69, 9.17) is 15.2 Å². The first-order valence-electron chi connectivity index (χ1n) is 6.83. The zero-order valence-electron chi connectivity index (χ0n) is 12.6. The third-order valence-electron chi connectivity index (χ3n) is 3.49. The van der Waals surface area contributed by atoms with Crippen LogP contribution in [0.1, 0.15) is 18.5 Å². The van der Waals surface area contributed by atoms with Gasteiger partial charge in [-0.15, -0.1) is 0 Å². The minimum atomic E-state index is -0.337. The molecule has 6 heteroatoms. The fraction of sp³-hybridized carbons (Fsp3) is 0.400. The van der Waals surface area contributed by atoms with E-state index in [2.05, 4.69) is 0 Å². The van der Waals surface area contributed by atoms with Gasteiger partial charge in [-0.3, -0.25) is 9.13 Å². The standard InChI is InChI=1S/C15H21N3O3/c1-4-17-7-8-18(15(17)19)10-13(16)12-6-5-11(20-2)9-14(12)21-3/h5-9,13H,4,10,16H2,1-3H3. The second kappa shape index (κ2) is 6.49. The lowest BCUT2D eigenvalue weighted by Gasteiger charge is -2.16. The Bertz CT molecular complexity index is 660. The summed E-state index contributed by atoms with van der Waals surface area (Å²) >= 11 is 0. The molecule has 2 N–H and O–H groups in total. The molecule has 0 saturated heterocycles. The van der Waals surface area contributed by atoms with Crippen molar-refractivity contribution in [3.05, 3.63) is 46.6 Å². The van der Waals surface area contributed by atoms with Crippen LogP contribution in [0.25, 0.3) is 0 Å². The van der Waals surface area contributed by atoms with Gasteiger partial charge in [0.2, 0.25) is 0 Å². The van der Waals surface area contributed by atoms with Crippen LogP contribution in [-0.2, 0) is 13.1 Å². The Morgan fingerprint density at radius 3 is 2.48 bits per heavy atom. The van der Waals surface area contributed by atoms with Gasteiger partial charge in [-0.05, 0) is 13.0 Å². The molecule has 0 saturated carbocycles. The minimum Gasteiger partial charge on any atom is -0.497 e. The highest BCUT2D eigenvalue weighted by Crippen LogP contribution is 2.28. The summed E-state index contributed by atoms with van der Waals surface area (Å²) in [6, 6.07) is 5.15. The highest BCUT2D eigenvalue weighted by Gasteiger charge is 2.15. The summed E-state index contributed by atoms with van der Waals surface area (Å²) in [5, 5.41) is 0. The molecule has 1 unspecified atom stereocenters. The van der Waals surface area contributed by atoms with Crippen LogP contribution < -0.4 is 20.9 Å². The number of imidazole rings is 1. The molecule has 0 amide bonds. The minimum absolute atomic E-state index is 0.0552. The average molecular weight is 291 g/mol. The van der Waals surface area contributed by atoms with Gasteiger partial charge in [0.25, 0.3) is 0 Å². The second-order valence-electron chi connectivity index (χ2n) is 4.73. The number of nitrogens with zero attached hydrogens (tertiary/aromatic N) is 2. The quantitative estimate of drug-likeness (QED) is 0.873. The van der Waals surface area contributed by atoms with Crippen LogP contribution in [0.5, 0.6) is 11.5 Å². The summed E-state index contributed by atoms with van der Waals surface area (Å²) in [4.78, 5) is 12.0. The Kier molecular flexibility index (Phi) is 4.70. The SMILES string of the molecule is CCn1ccn(CC(N)c2ccc(OC)cc2OC)c1=O. The topological polar surface area (TPSA) is 71.4 Å². The van der Waals surface area contributed by atoms with Crippen molar-refractivity contribution in [1.29, 1.82) is 0 Å². The van der Waals surface area contributed by atoms with Gasteiger partial charge in [-0.25, -0.2) is 4.79 Å². The zero-order chi connectivity index (χ0) is 15.4. The van der Waals surface area contributed by atoms with Crippen LogP contribution in [0.3, 0.4) is 0 Å². The zero-order valence-corrected chi connectivity index (χ0v) is 12.6. The number of aromatic nitrogens is 2. The van der Waals surface area contributed by atoms with Crippen molar-refractivity contribution >= 4 is 0 Å². The highest BCUT2D eigenvalue weighted by molar-refractivity contribution is 5.42. The molecule has 2 aromatic rings. The number of methoxy groups -OCH3 is 2. The van der Waals surface area contributed by atoms with Gasteiger partial charge in [0, 0.05) is 37.1 Å². The van der Waals surface area contributed by atoms with Crippen molar-refractivity contribution in [2.75, 3.05) is 14.2 Å². The van der Waals surface area contributed by atoms with E-state index < -0.39 is 0 Å². The van der Waals surface area contributed by atoms with Crippen molar-refractivity contribution in [3.63, 3.8) is 0 Å². The highest BCUT2D eigenvalue weighted by atomic mass is 16.5. The summed E-state index contributed by atoms with van der Waals surface area (Å²) in [5.41, 5.74) is 7.01. The number of benzene rings is 1. The Balaban J connectivity index is 2.25. The fourth-order valence-electron chi connectivity index (χ4n) is 2.27. The molecular weight excluding hydrogens is 270 g/mol. The van der Waals surface area contributed by atoms with Crippen molar-refractivity contribution in [2.24, 2.45) is 5.73 Å². The number of hydrogen-bond donors (Lipinski definition) is 1. The molecule has 1 aromatic heterocycles. The van der Waals surface area contributed by atoms with Gasteiger partial charge in [-0.1, -0.05) is 6.07 Å². The molecule has 6 nitrogen and oxygen atoms in total. The lowest BCUT2D eigenvalue weighted by atomic mass is 10.1. The summed E-state index contributed by atoms with van der Waals surface area (Å²) in [6.45, 7) is 2.97. The van der Waals surface area contributed by atoms with Crippen LogP contribution in [0.2, 0.25) is 0 Å². The van der Waals surface area contributed by atoms with Gasteiger partial charge in [-0.2, -0.15) is 0 Å². The maximum Gasteiger partial charge on any atom is 0.328 e. The monoisotopic (exact) mass is 291 g/mol. The largest absolute Gasteiger partial charge is 0.497 e. The number of aryl methyl sites for hydroxylation is 1. The van der Waals surface area contributed by atoms with E-state index in [0.717, 1.165) is 5.56 Å². The molecule has 21 heavy (non-hydrogen) atoms. The Labute approximate surface area is 123 Å². The third kappa shape index (κ3) is 3.11. The van der Waals surface area contributed by atoms with Gasteiger partial charge >= 0.3 is 5.69 Å². The third-order valence-corrected chi connectivity index (χ3v) is 3.49. The summed E-state index contributed by atoms with van der Waals surface area (Å²) < 4.78 is 13.8. The van der Waals surface area contributed by atoms with E-state index in [9.17, 15) is 4.79 Å². The first-order valence-corrected chi connectivity index (χ1v) is 6.83. The van der Waals surface area contributed by atoms with Gasteiger partial charge in [0.15, 0.2) is 0 Å². The Morgan fingerprint density at radius 1 is 1.19 bits per heavy atom. The molecule has 0 aliphatic heterocycles. The van der Waals surface area contributed by atoms with Crippen LogP contribution in [0.15, 0.2) is 35.4 Å². The van der Waals surface area contributed by atoms with E-state index in [0.29, 0.717) is 24.6 Å². The van der Waals surface area contributed by atoms with Gasteiger partial charge in [0.05, 0.1) is 20.3 Å². The molecule has 2 rings (SSSR count).